The van der Waals surface area contributed by atoms with Crippen LogP contribution in [0.5, 0.6) is 5.75 Å². The van der Waals surface area contributed by atoms with E-state index in [-0.39, 0.29) is 23.9 Å². The van der Waals surface area contributed by atoms with Gasteiger partial charge in [-0.15, -0.1) is 0 Å². The van der Waals surface area contributed by atoms with E-state index in [1.165, 1.54) is 0 Å². The number of hydrogen-bond acceptors (Lipinski definition) is 6. The number of carbonyl (C=O) groups excluding carboxylic acids is 2. The molecular weight excluding hydrogens is 530 g/mol. The Morgan fingerprint density at radius 1 is 1.00 bits per heavy atom. The molecule has 4 rings (SSSR count). The summed E-state index contributed by atoms with van der Waals surface area (Å²) >= 11 is 0. The maximum atomic E-state index is 13.6. The molecule has 226 valence electrons. The molecule has 0 spiro atoms. The molecular formula is C33H45N5O4. The summed E-state index contributed by atoms with van der Waals surface area (Å²) < 4.78 is 13.4. The topological polar surface area (TPSA) is 107 Å². The van der Waals surface area contributed by atoms with Gasteiger partial charge < -0.3 is 30.0 Å². The lowest BCUT2D eigenvalue weighted by Gasteiger charge is -2.30. The Morgan fingerprint density at radius 3 is 2.45 bits per heavy atom. The van der Waals surface area contributed by atoms with Crippen LogP contribution < -0.4 is 20.7 Å². The molecule has 42 heavy (non-hydrogen) atoms. The number of ether oxygens (including phenoxy) is 2. The third kappa shape index (κ3) is 10.6. The largest absolute Gasteiger partial charge is 0.489 e. The highest BCUT2D eigenvalue weighted by molar-refractivity contribution is 5.90. The van der Waals surface area contributed by atoms with Gasteiger partial charge in [0.15, 0.2) is 0 Å². The van der Waals surface area contributed by atoms with E-state index in [9.17, 15) is 9.59 Å². The van der Waals surface area contributed by atoms with Crippen molar-refractivity contribution in [1.82, 2.24) is 25.5 Å². The number of benzene rings is 2. The van der Waals surface area contributed by atoms with E-state index in [1.807, 2.05) is 65.4 Å². The number of amides is 2. The van der Waals surface area contributed by atoms with Crippen LogP contribution in [0, 0.1) is 5.92 Å². The minimum Gasteiger partial charge on any atom is -0.489 e. The fraction of sp³-hybridized carbons (Fsp3) is 0.485. The Hall–Kier alpha value is -3.69. The molecule has 1 saturated heterocycles. The van der Waals surface area contributed by atoms with Gasteiger partial charge in [-0.2, -0.15) is 0 Å². The van der Waals surface area contributed by atoms with Crippen molar-refractivity contribution >= 4 is 11.8 Å². The van der Waals surface area contributed by atoms with E-state index in [1.54, 1.807) is 12.5 Å². The van der Waals surface area contributed by atoms with Gasteiger partial charge in [-0.25, -0.2) is 4.98 Å². The van der Waals surface area contributed by atoms with Crippen molar-refractivity contribution in [3.8, 4) is 5.75 Å². The molecule has 3 N–H and O–H groups in total. The second kappa shape index (κ2) is 16.7. The van der Waals surface area contributed by atoms with Crippen molar-refractivity contribution in [2.75, 3.05) is 19.8 Å². The standard InChI is InChI=1S/C33H45N5O4/c1-25(2)21-30(36-28-13-19-41-20-14-28)33(40)37-31(32(39)35-15-6-17-38-18-16-34-24-38)22-26-9-11-29(12-10-26)42-23-27-7-4-3-5-8-27/h3-5,7-12,16,18,24-25,28,30-31,36H,6,13-15,17,19-23H2,1-2H3,(H,35,39)(H,37,40)/t30-,31-/m0/s1. The fourth-order valence-electron chi connectivity index (χ4n) is 5.07. The molecule has 0 radical (unpaired) electrons. The number of nitrogens with zero attached hydrogens (tertiary/aromatic N) is 2. The van der Waals surface area contributed by atoms with E-state index in [4.69, 9.17) is 9.47 Å². The van der Waals surface area contributed by atoms with Crippen molar-refractivity contribution in [3.05, 3.63) is 84.4 Å². The van der Waals surface area contributed by atoms with Crippen molar-refractivity contribution in [2.24, 2.45) is 5.92 Å². The minimum absolute atomic E-state index is 0.142. The lowest BCUT2D eigenvalue weighted by Crippen LogP contribution is -2.56. The molecule has 1 aliphatic rings. The molecule has 2 heterocycles. The van der Waals surface area contributed by atoms with Crippen LogP contribution in [0.25, 0.3) is 0 Å². The average Bonchev–Trinajstić information content (AvgIpc) is 3.53. The molecule has 0 unspecified atom stereocenters. The summed E-state index contributed by atoms with van der Waals surface area (Å²) in [5, 5.41) is 9.67. The van der Waals surface area contributed by atoms with E-state index >= 15 is 0 Å². The summed E-state index contributed by atoms with van der Waals surface area (Å²) in [6.07, 6.45) is 8.99. The maximum absolute atomic E-state index is 13.6. The lowest BCUT2D eigenvalue weighted by molar-refractivity contribution is -0.130. The average molecular weight is 576 g/mol. The Morgan fingerprint density at radius 2 is 1.76 bits per heavy atom. The molecule has 1 aromatic heterocycles. The molecule has 1 aliphatic heterocycles. The first-order chi connectivity index (χ1) is 20.5. The smallest absolute Gasteiger partial charge is 0.242 e. The van der Waals surface area contributed by atoms with Crippen molar-refractivity contribution in [3.63, 3.8) is 0 Å². The monoisotopic (exact) mass is 575 g/mol. The second-order valence-corrected chi connectivity index (χ2v) is 11.4. The summed E-state index contributed by atoms with van der Waals surface area (Å²) in [6, 6.07) is 16.9. The predicted octanol–water partition coefficient (Wildman–Crippen LogP) is 3.88. The summed E-state index contributed by atoms with van der Waals surface area (Å²) in [5.41, 5.74) is 2.04. The van der Waals surface area contributed by atoms with Gasteiger partial charge in [0, 0.05) is 51.2 Å². The Balaban J connectivity index is 1.39. The van der Waals surface area contributed by atoms with Gasteiger partial charge in [0.2, 0.25) is 11.8 Å². The van der Waals surface area contributed by atoms with Crippen LogP contribution in [0.15, 0.2) is 73.3 Å². The summed E-state index contributed by atoms with van der Waals surface area (Å²) in [4.78, 5) is 31.1. The number of aryl methyl sites for hydroxylation is 1. The molecule has 0 bridgehead atoms. The van der Waals surface area contributed by atoms with E-state index in [0.717, 1.165) is 42.7 Å². The normalized spacial score (nSPS) is 15.2. The van der Waals surface area contributed by atoms with Crippen LogP contribution >= 0.6 is 0 Å². The first kappa shape index (κ1) is 31.3. The van der Waals surface area contributed by atoms with Gasteiger partial charge in [0.1, 0.15) is 18.4 Å². The number of imidazole rings is 1. The van der Waals surface area contributed by atoms with Crippen LogP contribution in [0.1, 0.15) is 50.7 Å². The second-order valence-electron chi connectivity index (χ2n) is 11.4. The zero-order valence-electron chi connectivity index (χ0n) is 24.8. The fourth-order valence-corrected chi connectivity index (χ4v) is 5.07. The number of aromatic nitrogens is 2. The predicted molar refractivity (Wildman–Crippen MR) is 163 cm³/mol. The van der Waals surface area contributed by atoms with Gasteiger partial charge in [-0.3, -0.25) is 9.59 Å². The first-order valence-corrected chi connectivity index (χ1v) is 15.1. The lowest BCUT2D eigenvalue weighted by atomic mass is 9.99. The molecule has 2 amide bonds. The number of nitrogens with one attached hydrogen (secondary N) is 3. The van der Waals surface area contributed by atoms with Crippen LogP contribution in [0.4, 0.5) is 0 Å². The SMILES string of the molecule is CC(C)C[C@H](NC1CCOCC1)C(=O)N[C@@H](Cc1ccc(OCc2ccccc2)cc1)C(=O)NCCCn1ccnc1. The molecule has 2 aromatic carbocycles. The van der Waals surface area contributed by atoms with Crippen LogP contribution in [-0.2, 0) is 33.9 Å². The molecule has 9 nitrogen and oxygen atoms in total. The van der Waals surface area contributed by atoms with Gasteiger partial charge in [-0.05, 0) is 54.9 Å². The van der Waals surface area contributed by atoms with Crippen LogP contribution in [0.2, 0.25) is 0 Å². The number of carbonyl (C=O) groups is 2. The molecule has 1 fully saturated rings. The number of rotatable bonds is 16. The van der Waals surface area contributed by atoms with Crippen LogP contribution in [0.3, 0.4) is 0 Å². The van der Waals surface area contributed by atoms with Gasteiger partial charge >= 0.3 is 0 Å². The number of hydrogen-bond donors (Lipinski definition) is 3. The Labute approximate surface area is 249 Å². The third-order valence-electron chi connectivity index (χ3n) is 7.38. The molecule has 0 saturated carbocycles. The molecule has 2 atom stereocenters. The first-order valence-electron chi connectivity index (χ1n) is 15.1. The Bertz CT molecular complexity index is 1190. The highest BCUT2D eigenvalue weighted by Crippen LogP contribution is 2.16. The van der Waals surface area contributed by atoms with E-state index in [2.05, 4.69) is 34.8 Å². The van der Waals surface area contributed by atoms with Crippen LogP contribution in [-0.4, -0.2) is 59.2 Å². The molecule has 0 aliphatic carbocycles. The zero-order chi connectivity index (χ0) is 29.6. The van der Waals surface area contributed by atoms with Gasteiger partial charge in [0.05, 0.1) is 12.4 Å². The summed E-state index contributed by atoms with van der Waals surface area (Å²) in [5.74, 6) is 0.751. The quantitative estimate of drug-likeness (QED) is 0.224. The highest BCUT2D eigenvalue weighted by atomic mass is 16.5. The van der Waals surface area contributed by atoms with Crippen molar-refractivity contribution in [2.45, 2.75) is 77.2 Å². The highest BCUT2D eigenvalue weighted by Gasteiger charge is 2.28. The van der Waals surface area contributed by atoms with Crippen molar-refractivity contribution < 1.29 is 19.1 Å². The third-order valence-corrected chi connectivity index (χ3v) is 7.38. The van der Waals surface area contributed by atoms with Gasteiger partial charge in [0.25, 0.3) is 0 Å². The zero-order valence-corrected chi connectivity index (χ0v) is 24.8. The van der Waals surface area contributed by atoms with Gasteiger partial charge in [-0.1, -0.05) is 56.3 Å². The van der Waals surface area contributed by atoms with E-state index < -0.39 is 6.04 Å². The molecule has 9 heteroatoms. The maximum Gasteiger partial charge on any atom is 0.242 e. The minimum atomic E-state index is -0.701. The Kier molecular flexibility index (Phi) is 12.4. The molecule has 3 aromatic rings. The summed E-state index contributed by atoms with van der Waals surface area (Å²) in [6.45, 7) is 7.36. The van der Waals surface area contributed by atoms with E-state index in [0.29, 0.717) is 45.1 Å². The van der Waals surface area contributed by atoms with Crippen molar-refractivity contribution in [1.29, 1.82) is 0 Å². The summed E-state index contributed by atoms with van der Waals surface area (Å²) in [7, 11) is 0.